The van der Waals surface area contributed by atoms with Gasteiger partial charge in [0.1, 0.15) is 0 Å². The van der Waals surface area contributed by atoms with E-state index in [-0.39, 0.29) is 6.03 Å². The summed E-state index contributed by atoms with van der Waals surface area (Å²) in [7, 11) is 0. The Bertz CT molecular complexity index is 542. The lowest BCUT2D eigenvalue weighted by Crippen LogP contribution is -2.36. The molecule has 4 heteroatoms. The van der Waals surface area contributed by atoms with Crippen LogP contribution < -0.4 is 10.6 Å². The normalized spacial score (nSPS) is 11.7. The van der Waals surface area contributed by atoms with Crippen LogP contribution in [0.1, 0.15) is 30.5 Å². The van der Waals surface area contributed by atoms with Gasteiger partial charge in [-0.15, -0.1) is 0 Å². The fraction of sp³-hybridized carbons (Fsp3) is 0.294. The SMILES string of the molecule is C[C@@H](CCNC(=O)NCc1ccccn1)c1ccccc1. The molecule has 4 nitrogen and oxygen atoms in total. The van der Waals surface area contributed by atoms with Gasteiger partial charge in [-0.25, -0.2) is 4.79 Å². The lowest BCUT2D eigenvalue weighted by atomic mass is 9.98. The van der Waals surface area contributed by atoms with E-state index in [2.05, 4.69) is 34.7 Å². The van der Waals surface area contributed by atoms with Crippen molar-refractivity contribution in [3.8, 4) is 0 Å². The number of pyridine rings is 1. The maximum absolute atomic E-state index is 11.7. The van der Waals surface area contributed by atoms with E-state index in [4.69, 9.17) is 0 Å². The van der Waals surface area contributed by atoms with Crippen molar-refractivity contribution in [1.29, 1.82) is 0 Å². The summed E-state index contributed by atoms with van der Waals surface area (Å²) in [6.45, 7) is 3.27. The van der Waals surface area contributed by atoms with Gasteiger partial charge in [-0.3, -0.25) is 4.98 Å². The second-order valence-corrected chi connectivity index (χ2v) is 5.03. The first-order valence-electron chi connectivity index (χ1n) is 7.22. The molecule has 2 rings (SSSR count). The molecule has 1 aromatic heterocycles. The van der Waals surface area contributed by atoms with Gasteiger partial charge < -0.3 is 10.6 Å². The Morgan fingerprint density at radius 3 is 2.57 bits per heavy atom. The Morgan fingerprint density at radius 1 is 1.10 bits per heavy atom. The summed E-state index contributed by atoms with van der Waals surface area (Å²) in [5.74, 6) is 0.433. The highest BCUT2D eigenvalue weighted by Gasteiger charge is 2.06. The van der Waals surface area contributed by atoms with Crippen LogP contribution in [0.2, 0.25) is 0 Å². The predicted molar refractivity (Wildman–Crippen MR) is 83.9 cm³/mol. The molecule has 1 aromatic carbocycles. The molecule has 21 heavy (non-hydrogen) atoms. The van der Waals surface area contributed by atoms with Crippen LogP contribution in [0.3, 0.4) is 0 Å². The standard InChI is InChI=1S/C17H21N3O/c1-14(15-7-3-2-4-8-15)10-12-19-17(21)20-13-16-9-5-6-11-18-16/h2-9,11,14H,10,12-13H2,1H3,(H2,19,20,21)/t14-/m0/s1. The first-order chi connectivity index (χ1) is 10.3. The Labute approximate surface area is 125 Å². The van der Waals surface area contributed by atoms with Crippen molar-refractivity contribution in [2.45, 2.75) is 25.8 Å². The molecule has 1 atom stereocenters. The third-order valence-corrected chi connectivity index (χ3v) is 3.39. The van der Waals surface area contributed by atoms with Gasteiger partial charge in [-0.05, 0) is 30.0 Å². The van der Waals surface area contributed by atoms with Crippen LogP contribution in [0.15, 0.2) is 54.7 Å². The van der Waals surface area contributed by atoms with Gasteiger partial charge in [-0.2, -0.15) is 0 Å². The first-order valence-corrected chi connectivity index (χ1v) is 7.22. The lowest BCUT2D eigenvalue weighted by Gasteiger charge is -2.12. The number of benzene rings is 1. The lowest BCUT2D eigenvalue weighted by molar-refractivity contribution is 0.240. The first kappa shape index (κ1) is 15.0. The number of amides is 2. The molecule has 0 saturated carbocycles. The summed E-state index contributed by atoms with van der Waals surface area (Å²) in [6.07, 6.45) is 2.64. The minimum atomic E-state index is -0.152. The molecule has 110 valence electrons. The van der Waals surface area contributed by atoms with E-state index in [1.807, 2.05) is 36.4 Å². The number of carbonyl (C=O) groups is 1. The van der Waals surface area contributed by atoms with Crippen LogP contribution in [-0.4, -0.2) is 17.6 Å². The topological polar surface area (TPSA) is 54.0 Å². The van der Waals surface area contributed by atoms with E-state index in [9.17, 15) is 4.79 Å². The Morgan fingerprint density at radius 2 is 1.86 bits per heavy atom. The van der Waals surface area contributed by atoms with E-state index in [1.54, 1.807) is 6.20 Å². The summed E-state index contributed by atoms with van der Waals surface area (Å²) in [6, 6.07) is 15.8. The largest absolute Gasteiger partial charge is 0.338 e. The predicted octanol–water partition coefficient (Wildman–Crippen LogP) is 3.07. The molecular formula is C17H21N3O. The maximum atomic E-state index is 11.7. The number of aromatic nitrogens is 1. The van der Waals surface area contributed by atoms with Gasteiger partial charge in [-0.1, -0.05) is 43.3 Å². The molecule has 0 spiro atoms. The summed E-state index contributed by atoms with van der Waals surface area (Å²) in [4.78, 5) is 15.8. The van der Waals surface area contributed by atoms with E-state index in [1.165, 1.54) is 5.56 Å². The minimum Gasteiger partial charge on any atom is -0.338 e. The molecule has 0 radical (unpaired) electrons. The molecule has 2 amide bonds. The van der Waals surface area contributed by atoms with Gasteiger partial charge >= 0.3 is 6.03 Å². The molecule has 0 fully saturated rings. The van der Waals surface area contributed by atoms with Crippen LogP contribution in [0.4, 0.5) is 4.79 Å². The smallest absolute Gasteiger partial charge is 0.315 e. The summed E-state index contributed by atoms with van der Waals surface area (Å²) < 4.78 is 0. The summed E-state index contributed by atoms with van der Waals surface area (Å²) >= 11 is 0. The monoisotopic (exact) mass is 283 g/mol. The highest BCUT2D eigenvalue weighted by Crippen LogP contribution is 2.17. The van der Waals surface area contributed by atoms with Gasteiger partial charge in [0, 0.05) is 12.7 Å². The molecule has 0 bridgehead atoms. The molecule has 1 heterocycles. The van der Waals surface area contributed by atoms with Crippen molar-refractivity contribution in [2.75, 3.05) is 6.54 Å². The van der Waals surface area contributed by atoms with Gasteiger partial charge in [0.25, 0.3) is 0 Å². The second-order valence-electron chi connectivity index (χ2n) is 5.03. The fourth-order valence-electron chi connectivity index (χ4n) is 2.09. The average molecular weight is 283 g/mol. The van der Waals surface area contributed by atoms with Crippen molar-refractivity contribution in [1.82, 2.24) is 15.6 Å². The van der Waals surface area contributed by atoms with Crippen LogP contribution >= 0.6 is 0 Å². The molecule has 0 aliphatic heterocycles. The fourth-order valence-corrected chi connectivity index (χ4v) is 2.09. The van der Waals surface area contributed by atoms with Gasteiger partial charge in [0.05, 0.1) is 12.2 Å². The zero-order chi connectivity index (χ0) is 14.9. The highest BCUT2D eigenvalue weighted by molar-refractivity contribution is 5.73. The van der Waals surface area contributed by atoms with E-state index in [0.29, 0.717) is 19.0 Å². The van der Waals surface area contributed by atoms with Crippen LogP contribution in [0.5, 0.6) is 0 Å². The Hall–Kier alpha value is -2.36. The second kappa shape index (κ2) is 8.04. The Kier molecular flexibility index (Phi) is 5.76. The van der Waals surface area contributed by atoms with Crippen molar-refractivity contribution in [3.63, 3.8) is 0 Å². The number of urea groups is 1. The Balaban J connectivity index is 1.65. The zero-order valence-corrected chi connectivity index (χ0v) is 12.3. The maximum Gasteiger partial charge on any atom is 0.315 e. The molecule has 2 aromatic rings. The van der Waals surface area contributed by atoms with Crippen molar-refractivity contribution in [3.05, 3.63) is 66.0 Å². The van der Waals surface area contributed by atoms with Crippen LogP contribution in [0, 0.1) is 0 Å². The highest BCUT2D eigenvalue weighted by atomic mass is 16.2. The van der Waals surface area contributed by atoms with Crippen LogP contribution in [-0.2, 0) is 6.54 Å². The van der Waals surface area contributed by atoms with E-state index in [0.717, 1.165) is 12.1 Å². The van der Waals surface area contributed by atoms with Gasteiger partial charge in [0.15, 0.2) is 0 Å². The third-order valence-electron chi connectivity index (χ3n) is 3.39. The number of nitrogens with one attached hydrogen (secondary N) is 2. The molecule has 0 saturated heterocycles. The number of hydrogen-bond acceptors (Lipinski definition) is 2. The molecule has 0 aliphatic rings. The third kappa shape index (κ3) is 5.26. The zero-order valence-electron chi connectivity index (χ0n) is 12.3. The molecular weight excluding hydrogens is 262 g/mol. The van der Waals surface area contributed by atoms with Crippen molar-refractivity contribution >= 4 is 6.03 Å². The van der Waals surface area contributed by atoms with Crippen molar-refractivity contribution < 1.29 is 4.79 Å². The van der Waals surface area contributed by atoms with Gasteiger partial charge in [0.2, 0.25) is 0 Å². The van der Waals surface area contributed by atoms with Crippen molar-refractivity contribution in [2.24, 2.45) is 0 Å². The van der Waals surface area contributed by atoms with E-state index < -0.39 is 0 Å². The molecule has 0 unspecified atom stereocenters. The minimum absolute atomic E-state index is 0.152. The summed E-state index contributed by atoms with van der Waals surface area (Å²) in [5.41, 5.74) is 2.15. The molecule has 2 N–H and O–H groups in total. The number of nitrogens with zero attached hydrogens (tertiary/aromatic N) is 1. The molecule has 0 aliphatic carbocycles. The number of carbonyl (C=O) groups excluding carboxylic acids is 1. The average Bonchev–Trinajstić information content (AvgIpc) is 2.54. The quantitative estimate of drug-likeness (QED) is 0.856. The summed E-state index contributed by atoms with van der Waals surface area (Å²) in [5, 5.41) is 5.68. The van der Waals surface area contributed by atoms with E-state index >= 15 is 0 Å². The number of hydrogen-bond donors (Lipinski definition) is 2. The number of rotatable bonds is 6. The van der Waals surface area contributed by atoms with Crippen LogP contribution in [0.25, 0.3) is 0 Å².